The summed E-state index contributed by atoms with van der Waals surface area (Å²) in [6.45, 7) is 0.681. The molecule has 1 saturated carbocycles. The number of hydrogen-bond donors (Lipinski definition) is 1. The molecule has 100 valence electrons. The van der Waals surface area contributed by atoms with E-state index < -0.39 is 0 Å². The number of nitrogens with zero attached hydrogens (tertiary/aromatic N) is 2. The first-order valence-corrected chi connectivity index (χ1v) is 8.01. The Morgan fingerprint density at radius 3 is 2.84 bits per heavy atom. The van der Waals surface area contributed by atoms with Crippen LogP contribution in [0.2, 0.25) is 0 Å². The summed E-state index contributed by atoms with van der Waals surface area (Å²) in [6.07, 6.45) is 2.53. The summed E-state index contributed by atoms with van der Waals surface area (Å²) in [5, 5.41) is 7.35. The summed E-state index contributed by atoms with van der Waals surface area (Å²) in [4.78, 5) is 5.57. The molecule has 0 radical (unpaired) electrons. The maximum Gasteiger partial charge on any atom is 0.240 e. The van der Waals surface area contributed by atoms with Crippen LogP contribution in [-0.4, -0.2) is 16.2 Å². The Morgan fingerprint density at radius 1 is 1.32 bits per heavy atom. The zero-order chi connectivity index (χ0) is 13.1. The van der Waals surface area contributed by atoms with Crippen LogP contribution in [0.1, 0.15) is 24.6 Å². The van der Waals surface area contributed by atoms with E-state index >= 15 is 0 Å². The Bertz CT molecular complexity index is 539. The molecule has 1 heterocycles. The van der Waals surface area contributed by atoms with E-state index in [1.807, 2.05) is 12.1 Å². The summed E-state index contributed by atoms with van der Waals surface area (Å²) in [6, 6.07) is 8.87. The predicted octanol–water partition coefficient (Wildman–Crippen LogP) is 3.38. The fourth-order valence-electron chi connectivity index (χ4n) is 1.62. The Labute approximate surface area is 124 Å². The molecule has 0 aliphatic heterocycles. The van der Waals surface area contributed by atoms with Gasteiger partial charge in [0.15, 0.2) is 5.82 Å². The molecule has 0 unspecified atom stereocenters. The van der Waals surface area contributed by atoms with Crippen molar-refractivity contribution in [2.45, 2.75) is 36.1 Å². The van der Waals surface area contributed by atoms with Gasteiger partial charge in [-0.1, -0.05) is 21.1 Å². The number of thioether (sulfide) groups is 1. The summed E-state index contributed by atoms with van der Waals surface area (Å²) in [7, 11) is 0. The van der Waals surface area contributed by atoms with E-state index in [1.165, 1.54) is 17.7 Å². The van der Waals surface area contributed by atoms with E-state index in [-0.39, 0.29) is 0 Å². The van der Waals surface area contributed by atoms with Crippen molar-refractivity contribution >= 4 is 27.7 Å². The molecule has 0 spiro atoms. The minimum absolute atomic E-state index is 0.660. The van der Waals surface area contributed by atoms with Crippen LogP contribution in [0.4, 0.5) is 0 Å². The Kier molecular flexibility index (Phi) is 4.20. The van der Waals surface area contributed by atoms with E-state index in [0.717, 1.165) is 16.0 Å². The number of hydrogen-bond acceptors (Lipinski definition) is 5. The molecule has 0 amide bonds. The zero-order valence-electron chi connectivity index (χ0n) is 10.3. The lowest BCUT2D eigenvalue weighted by Gasteiger charge is -1.98. The molecule has 0 atom stereocenters. The first-order valence-electron chi connectivity index (χ1n) is 6.23. The average Bonchev–Trinajstić information content (AvgIpc) is 3.15. The van der Waals surface area contributed by atoms with Gasteiger partial charge < -0.3 is 9.84 Å². The van der Waals surface area contributed by atoms with Crippen LogP contribution in [0.3, 0.4) is 0 Å². The van der Waals surface area contributed by atoms with Gasteiger partial charge in [0.05, 0.1) is 12.3 Å². The van der Waals surface area contributed by atoms with E-state index in [0.29, 0.717) is 18.5 Å². The number of halogens is 1. The van der Waals surface area contributed by atoms with Crippen LogP contribution >= 0.6 is 27.7 Å². The van der Waals surface area contributed by atoms with Crippen LogP contribution in [0.15, 0.2) is 38.2 Å². The molecule has 1 aromatic carbocycles. The van der Waals surface area contributed by atoms with Crippen LogP contribution in [0.5, 0.6) is 0 Å². The standard InChI is InChI=1S/C13H14BrN3OS/c14-9-1-5-11(6-2-9)19-8-12-16-13(18-17-12)7-15-10-3-4-10/h1-2,5-6,10,15H,3-4,7-8H2. The summed E-state index contributed by atoms with van der Waals surface area (Å²) < 4.78 is 6.29. The molecule has 1 aliphatic rings. The first-order chi connectivity index (χ1) is 9.29. The van der Waals surface area contributed by atoms with Crippen molar-refractivity contribution in [3.8, 4) is 0 Å². The van der Waals surface area contributed by atoms with Crippen molar-refractivity contribution in [2.24, 2.45) is 0 Å². The largest absolute Gasteiger partial charge is 0.338 e. The monoisotopic (exact) mass is 339 g/mol. The Morgan fingerprint density at radius 2 is 2.11 bits per heavy atom. The smallest absolute Gasteiger partial charge is 0.240 e. The molecule has 6 heteroatoms. The molecular formula is C13H14BrN3OS. The zero-order valence-corrected chi connectivity index (χ0v) is 12.7. The number of rotatable bonds is 6. The van der Waals surface area contributed by atoms with E-state index in [4.69, 9.17) is 4.52 Å². The predicted molar refractivity (Wildman–Crippen MR) is 77.9 cm³/mol. The van der Waals surface area contributed by atoms with Gasteiger partial charge in [0.2, 0.25) is 5.89 Å². The van der Waals surface area contributed by atoms with E-state index in [2.05, 4.69) is 43.5 Å². The third-order valence-electron chi connectivity index (χ3n) is 2.81. The number of nitrogens with one attached hydrogen (secondary N) is 1. The first kappa shape index (κ1) is 13.1. The van der Waals surface area contributed by atoms with Gasteiger partial charge in [0.1, 0.15) is 0 Å². The van der Waals surface area contributed by atoms with Gasteiger partial charge in [-0.15, -0.1) is 11.8 Å². The van der Waals surface area contributed by atoms with Crippen molar-refractivity contribution in [3.63, 3.8) is 0 Å². The van der Waals surface area contributed by atoms with Gasteiger partial charge in [0.25, 0.3) is 0 Å². The van der Waals surface area contributed by atoms with Crippen LogP contribution in [-0.2, 0) is 12.3 Å². The highest BCUT2D eigenvalue weighted by Crippen LogP contribution is 2.23. The molecule has 4 nitrogen and oxygen atoms in total. The third-order valence-corrected chi connectivity index (χ3v) is 4.35. The minimum Gasteiger partial charge on any atom is -0.338 e. The lowest BCUT2D eigenvalue weighted by molar-refractivity contribution is 0.363. The fourth-order valence-corrected chi connectivity index (χ4v) is 2.62. The second-order valence-electron chi connectivity index (χ2n) is 4.50. The second kappa shape index (κ2) is 6.07. The van der Waals surface area contributed by atoms with Crippen molar-refractivity contribution in [1.29, 1.82) is 0 Å². The minimum atomic E-state index is 0.660. The van der Waals surface area contributed by atoms with Gasteiger partial charge in [0, 0.05) is 15.4 Å². The quantitative estimate of drug-likeness (QED) is 0.817. The Hall–Kier alpha value is -0.850. The van der Waals surface area contributed by atoms with E-state index in [9.17, 15) is 0 Å². The van der Waals surface area contributed by atoms with Gasteiger partial charge in [-0.3, -0.25) is 0 Å². The van der Waals surface area contributed by atoms with Crippen LogP contribution < -0.4 is 5.32 Å². The maximum atomic E-state index is 5.21. The summed E-state index contributed by atoms with van der Waals surface area (Å²) >= 11 is 5.13. The second-order valence-corrected chi connectivity index (χ2v) is 6.47. The highest BCUT2D eigenvalue weighted by Gasteiger charge is 2.21. The van der Waals surface area contributed by atoms with Crippen molar-refractivity contribution in [3.05, 3.63) is 40.5 Å². The lowest BCUT2D eigenvalue weighted by atomic mass is 10.4. The van der Waals surface area contributed by atoms with Gasteiger partial charge in [-0.05, 0) is 37.1 Å². The highest BCUT2D eigenvalue weighted by atomic mass is 79.9. The van der Waals surface area contributed by atoms with Crippen LogP contribution in [0.25, 0.3) is 0 Å². The lowest BCUT2D eigenvalue weighted by Crippen LogP contribution is -2.15. The highest BCUT2D eigenvalue weighted by molar-refractivity contribution is 9.10. The molecule has 3 rings (SSSR count). The van der Waals surface area contributed by atoms with E-state index in [1.54, 1.807) is 11.8 Å². The van der Waals surface area contributed by atoms with Crippen molar-refractivity contribution < 1.29 is 4.52 Å². The third kappa shape index (κ3) is 4.06. The number of aromatic nitrogens is 2. The molecule has 1 aromatic heterocycles. The Balaban J connectivity index is 1.50. The van der Waals surface area contributed by atoms with Gasteiger partial charge in [-0.25, -0.2) is 0 Å². The SMILES string of the molecule is Brc1ccc(SCc2noc(CNC3CC3)n2)cc1. The summed E-state index contributed by atoms with van der Waals surface area (Å²) in [5.41, 5.74) is 0. The molecule has 19 heavy (non-hydrogen) atoms. The topological polar surface area (TPSA) is 51.0 Å². The molecule has 1 aliphatic carbocycles. The van der Waals surface area contributed by atoms with Gasteiger partial charge in [-0.2, -0.15) is 4.98 Å². The summed E-state index contributed by atoms with van der Waals surface area (Å²) in [5.74, 6) is 2.16. The molecule has 1 N–H and O–H groups in total. The van der Waals surface area contributed by atoms with Gasteiger partial charge >= 0.3 is 0 Å². The van der Waals surface area contributed by atoms with Crippen molar-refractivity contribution in [1.82, 2.24) is 15.5 Å². The molecule has 2 aromatic rings. The molecule has 0 saturated heterocycles. The molecule has 1 fully saturated rings. The fraction of sp³-hybridized carbons (Fsp3) is 0.385. The van der Waals surface area contributed by atoms with Crippen LogP contribution in [0, 0.1) is 0 Å². The average molecular weight is 340 g/mol. The molecular weight excluding hydrogens is 326 g/mol. The van der Waals surface area contributed by atoms with Crippen molar-refractivity contribution in [2.75, 3.05) is 0 Å². The normalized spacial score (nSPS) is 14.8. The molecule has 0 bridgehead atoms. The number of benzene rings is 1. The maximum absolute atomic E-state index is 5.21.